The van der Waals surface area contributed by atoms with Gasteiger partial charge in [-0.25, -0.2) is 4.98 Å². The minimum Gasteiger partial charge on any atom is -0.496 e. The van der Waals surface area contributed by atoms with Gasteiger partial charge >= 0.3 is 0 Å². The molecule has 2 aromatic carbocycles. The minimum atomic E-state index is -0.149. The Kier molecular flexibility index (Phi) is 4.81. The zero-order valence-corrected chi connectivity index (χ0v) is 15.7. The number of nitrogens with one attached hydrogen (secondary N) is 1. The van der Waals surface area contributed by atoms with Gasteiger partial charge < -0.3 is 14.8 Å². The molecule has 1 aliphatic rings. The minimum absolute atomic E-state index is 0.149. The lowest BCUT2D eigenvalue weighted by Gasteiger charge is -2.12. The van der Waals surface area contributed by atoms with Gasteiger partial charge in [0.2, 0.25) is 0 Å². The zero-order valence-electron chi connectivity index (χ0n) is 15.7. The summed E-state index contributed by atoms with van der Waals surface area (Å²) in [5.41, 5.74) is 4.23. The average molecular weight is 372 g/mol. The number of benzene rings is 2. The molecule has 5 nitrogen and oxygen atoms in total. The molecule has 0 saturated carbocycles. The van der Waals surface area contributed by atoms with Crippen molar-refractivity contribution < 1.29 is 14.3 Å². The molecule has 1 aromatic heterocycles. The second kappa shape index (κ2) is 7.56. The first-order chi connectivity index (χ1) is 13.7. The summed E-state index contributed by atoms with van der Waals surface area (Å²) in [6.45, 7) is 2.56. The number of nitrogens with zero attached hydrogens (tertiary/aromatic N) is 1. The van der Waals surface area contributed by atoms with E-state index in [1.54, 1.807) is 13.3 Å². The lowest BCUT2D eigenvalue weighted by Crippen LogP contribution is -2.04. The van der Waals surface area contributed by atoms with Crippen LogP contribution in [0.4, 0.5) is 5.82 Å². The van der Waals surface area contributed by atoms with E-state index in [1.807, 2.05) is 67.6 Å². The van der Waals surface area contributed by atoms with E-state index >= 15 is 0 Å². The fourth-order valence-corrected chi connectivity index (χ4v) is 3.29. The van der Waals surface area contributed by atoms with Crippen molar-refractivity contribution in [1.29, 1.82) is 0 Å². The number of rotatable bonds is 5. The average Bonchev–Trinajstić information content (AvgIpc) is 3.04. The Morgan fingerprint density at radius 3 is 2.79 bits per heavy atom. The zero-order chi connectivity index (χ0) is 19.5. The number of hydrogen-bond acceptors (Lipinski definition) is 4. The van der Waals surface area contributed by atoms with E-state index in [9.17, 15) is 4.79 Å². The van der Waals surface area contributed by atoms with Crippen LogP contribution < -0.4 is 14.8 Å². The van der Waals surface area contributed by atoms with Crippen LogP contribution in [0.25, 0.3) is 22.8 Å². The highest BCUT2D eigenvalue weighted by molar-refractivity contribution is 6.34. The molecule has 0 atom stereocenters. The molecule has 0 radical (unpaired) electrons. The normalized spacial score (nSPS) is 13.9. The maximum Gasteiger partial charge on any atom is 0.257 e. The molecule has 1 N–H and O–H groups in total. The van der Waals surface area contributed by atoms with E-state index in [-0.39, 0.29) is 5.91 Å². The van der Waals surface area contributed by atoms with Gasteiger partial charge in [-0.15, -0.1) is 0 Å². The Morgan fingerprint density at radius 2 is 1.96 bits per heavy atom. The van der Waals surface area contributed by atoms with Crippen LogP contribution in [-0.2, 0) is 4.79 Å². The Balaban J connectivity index is 1.78. The Hall–Kier alpha value is -3.60. The number of pyridine rings is 1. The van der Waals surface area contributed by atoms with Crippen LogP contribution in [0.1, 0.15) is 18.1 Å². The van der Waals surface area contributed by atoms with Crippen molar-refractivity contribution in [2.45, 2.75) is 6.92 Å². The summed E-state index contributed by atoms with van der Waals surface area (Å²) in [4.78, 5) is 16.6. The highest BCUT2D eigenvalue weighted by Gasteiger charge is 2.24. The number of ether oxygens (including phenoxy) is 2. The SMILES string of the molecule is CCOc1cccc(-c2cc(/C=C3/C(=O)Nc4ncccc43)ccc2OC)c1. The first kappa shape index (κ1) is 17.8. The van der Waals surface area contributed by atoms with Gasteiger partial charge in [-0.3, -0.25) is 4.79 Å². The van der Waals surface area contributed by atoms with Gasteiger partial charge in [0.05, 0.1) is 19.3 Å². The number of methoxy groups -OCH3 is 1. The number of amides is 1. The van der Waals surface area contributed by atoms with Crippen LogP contribution in [0.3, 0.4) is 0 Å². The summed E-state index contributed by atoms with van der Waals surface area (Å²) in [7, 11) is 1.65. The highest BCUT2D eigenvalue weighted by Crippen LogP contribution is 2.35. The Labute approximate surface area is 163 Å². The van der Waals surface area contributed by atoms with Gasteiger partial charge in [0, 0.05) is 17.3 Å². The molecule has 0 fully saturated rings. The number of anilines is 1. The molecule has 4 rings (SSSR count). The van der Waals surface area contributed by atoms with E-state index in [0.717, 1.165) is 33.8 Å². The van der Waals surface area contributed by atoms with Gasteiger partial charge in [0.1, 0.15) is 17.3 Å². The molecule has 28 heavy (non-hydrogen) atoms. The first-order valence-electron chi connectivity index (χ1n) is 9.09. The molecule has 5 heteroatoms. The van der Waals surface area contributed by atoms with Gasteiger partial charge in [-0.2, -0.15) is 0 Å². The standard InChI is InChI=1S/C23H20N2O3/c1-3-28-17-7-4-6-16(14-17)19-12-15(9-10-21(19)27-2)13-20-18-8-5-11-24-22(18)25-23(20)26/h4-14H,3H2,1-2H3,(H,24,25,26)/b20-13+. The maximum atomic E-state index is 12.4. The predicted octanol–water partition coefficient (Wildman–Crippen LogP) is 4.65. The third-order valence-corrected chi connectivity index (χ3v) is 4.57. The predicted molar refractivity (Wildman–Crippen MR) is 110 cm³/mol. The summed E-state index contributed by atoms with van der Waals surface area (Å²) in [5, 5.41) is 2.80. The smallest absolute Gasteiger partial charge is 0.257 e. The molecule has 0 aliphatic carbocycles. The quantitative estimate of drug-likeness (QED) is 0.663. The third-order valence-electron chi connectivity index (χ3n) is 4.57. The van der Waals surface area contributed by atoms with Crippen molar-refractivity contribution in [3.8, 4) is 22.6 Å². The lowest BCUT2D eigenvalue weighted by atomic mass is 9.99. The lowest BCUT2D eigenvalue weighted by molar-refractivity contribution is -0.110. The van der Waals surface area contributed by atoms with Crippen molar-refractivity contribution in [2.75, 3.05) is 19.0 Å². The highest BCUT2D eigenvalue weighted by atomic mass is 16.5. The summed E-state index contributed by atoms with van der Waals surface area (Å²) >= 11 is 0. The van der Waals surface area contributed by atoms with Crippen LogP contribution in [0, 0.1) is 0 Å². The van der Waals surface area contributed by atoms with Crippen molar-refractivity contribution in [3.63, 3.8) is 0 Å². The van der Waals surface area contributed by atoms with Crippen LogP contribution in [0.15, 0.2) is 60.8 Å². The van der Waals surface area contributed by atoms with Crippen LogP contribution in [0.2, 0.25) is 0 Å². The number of aromatic nitrogens is 1. The number of carbonyl (C=O) groups excluding carboxylic acids is 1. The van der Waals surface area contributed by atoms with Crippen LogP contribution >= 0.6 is 0 Å². The van der Waals surface area contributed by atoms with Crippen molar-refractivity contribution in [3.05, 3.63) is 71.9 Å². The Bertz CT molecular complexity index is 1070. The van der Waals surface area contributed by atoms with Crippen LogP contribution in [0.5, 0.6) is 11.5 Å². The van der Waals surface area contributed by atoms with E-state index in [2.05, 4.69) is 10.3 Å². The van der Waals surface area contributed by atoms with E-state index in [1.165, 1.54) is 0 Å². The molecule has 0 bridgehead atoms. The first-order valence-corrected chi connectivity index (χ1v) is 9.09. The molecular formula is C23H20N2O3. The Morgan fingerprint density at radius 1 is 1.07 bits per heavy atom. The summed E-state index contributed by atoms with van der Waals surface area (Å²) < 4.78 is 11.2. The molecule has 0 unspecified atom stereocenters. The monoisotopic (exact) mass is 372 g/mol. The van der Waals surface area contributed by atoms with E-state index in [0.29, 0.717) is 18.0 Å². The molecule has 3 aromatic rings. The molecule has 0 saturated heterocycles. The molecular weight excluding hydrogens is 352 g/mol. The number of hydrogen-bond donors (Lipinski definition) is 1. The summed E-state index contributed by atoms with van der Waals surface area (Å²) in [6, 6.07) is 17.5. The van der Waals surface area contributed by atoms with Crippen molar-refractivity contribution >= 4 is 23.4 Å². The maximum absolute atomic E-state index is 12.4. The summed E-state index contributed by atoms with van der Waals surface area (Å²) in [5.74, 6) is 2.01. The second-order valence-electron chi connectivity index (χ2n) is 6.33. The fourth-order valence-electron chi connectivity index (χ4n) is 3.29. The third kappa shape index (κ3) is 3.34. The summed E-state index contributed by atoms with van der Waals surface area (Å²) in [6.07, 6.45) is 3.54. The molecule has 0 spiro atoms. The number of carbonyl (C=O) groups is 1. The second-order valence-corrected chi connectivity index (χ2v) is 6.33. The van der Waals surface area contributed by atoms with Crippen molar-refractivity contribution in [2.24, 2.45) is 0 Å². The van der Waals surface area contributed by atoms with E-state index < -0.39 is 0 Å². The number of fused-ring (bicyclic) bond motifs is 1. The largest absolute Gasteiger partial charge is 0.496 e. The molecule has 140 valence electrons. The molecule has 1 amide bonds. The van der Waals surface area contributed by atoms with E-state index in [4.69, 9.17) is 9.47 Å². The van der Waals surface area contributed by atoms with Gasteiger partial charge in [0.15, 0.2) is 0 Å². The van der Waals surface area contributed by atoms with Gasteiger partial charge in [-0.1, -0.05) is 18.2 Å². The van der Waals surface area contributed by atoms with Gasteiger partial charge in [0.25, 0.3) is 5.91 Å². The molecule has 2 heterocycles. The topological polar surface area (TPSA) is 60.5 Å². The molecule has 1 aliphatic heterocycles. The fraction of sp³-hybridized carbons (Fsp3) is 0.130. The van der Waals surface area contributed by atoms with Crippen LogP contribution in [-0.4, -0.2) is 24.6 Å². The van der Waals surface area contributed by atoms with Crippen molar-refractivity contribution in [1.82, 2.24) is 4.98 Å². The van der Waals surface area contributed by atoms with Gasteiger partial charge in [-0.05, 0) is 60.5 Å².